The van der Waals surface area contributed by atoms with Gasteiger partial charge in [0.05, 0.1) is 23.4 Å². The van der Waals surface area contributed by atoms with E-state index in [9.17, 15) is 5.26 Å². The van der Waals surface area contributed by atoms with Crippen molar-refractivity contribution in [2.75, 3.05) is 7.05 Å². The fraction of sp³-hybridized carbons (Fsp3) is 0.350. The van der Waals surface area contributed by atoms with Crippen LogP contribution in [-0.2, 0) is 5.41 Å². The van der Waals surface area contributed by atoms with E-state index < -0.39 is 0 Å². The van der Waals surface area contributed by atoms with Crippen LogP contribution < -0.4 is 5.49 Å². The topological polar surface area (TPSA) is 54.0 Å². The predicted octanol–water partition coefficient (Wildman–Crippen LogP) is 4.15. The van der Waals surface area contributed by atoms with Gasteiger partial charge >= 0.3 is 0 Å². The number of rotatable bonds is 3. The first-order chi connectivity index (χ1) is 11.6. The maximum atomic E-state index is 9.27. The van der Waals surface area contributed by atoms with Crippen LogP contribution in [-0.4, -0.2) is 16.6 Å². The highest BCUT2D eigenvalue weighted by Gasteiger charge is 2.44. The molecule has 0 amide bonds. The van der Waals surface area contributed by atoms with E-state index in [0.29, 0.717) is 0 Å². The van der Waals surface area contributed by atoms with Gasteiger partial charge in [0.2, 0.25) is 0 Å². The van der Waals surface area contributed by atoms with E-state index in [1.165, 1.54) is 0 Å². The summed E-state index contributed by atoms with van der Waals surface area (Å²) < 4.78 is 1.92. The molecule has 0 N–H and O–H groups in total. The molecule has 4 heteroatoms. The van der Waals surface area contributed by atoms with Crippen molar-refractivity contribution in [1.82, 2.24) is 9.55 Å². The smallest absolute Gasteiger partial charge is 0.150 e. The summed E-state index contributed by atoms with van der Waals surface area (Å²) in [6.45, 7) is 9.91. The Hall–Kier alpha value is -2.67. The molecule has 0 atom stereocenters. The quantitative estimate of drug-likeness (QED) is 0.853. The number of nitriles is 1. The minimum atomic E-state index is -0.242. The highest BCUT2D eigenvalue weighted by molar-refractivity contribution is 5.60. The lowest BCUT2D eigenvalue weighted by Gasteiger charge is -2.10. The van der Waals surface area contributed by atoms with Crippen molar-refractivity contribution in [1.29, 1.82) is 5.26 Å². The van der Waals surface area contributed by atoms with Crippen molar-refractivity contribution >= 4 is 5.70 Å². The maximum Gasteiger partial charge on any atom is 0.150 e. The van der Waals surface area contributed by atoms with Gasteiger partial charge in [-0.3, -0.25) is 9.98 Å². The van der Waals surface area contributed by atoms with E-state index >= 15 is 0 Å². The first-order valence-corrected chi connectivity index (χ1v) is 8.29. The van der Waals surface area contributed by atoms with Gasteiger partial charge in [0.1, 0.15) is 5.49 Å². The number of benzene rings is 1. The van der Waals surface area contributed by atoms with Gasteiger partial charge in [-0.25, -0.2) is 0 Å². The fourth-order valence-electron chi connectivity index (χ4n) is 2.58. The molecule has 1 aromatic heterocycles. The molecule has 0 aliphatic heterocycles. The van der Waals surface area contributed by atoms with E-state index in [-0.39, 0.29) is 5.41 Å². The standard InChI is InChI=1S/C18H18N4.C2H6/c1-13(2)22-11-16(21-10-17(22)20-3)14-4-6-15(7-5-14)18(12-19)8-9-18;1-2/h4-7,10-11H,1,8-9H2,2-3H3;1-2H3. The van der Waals surface area contributed by atoms with Crippen LogP contribution in [0.15, 0.2) is 48.2 Å². The molecule has 1 aromatic carbocycles. The van der Waals surface area contributed by atoms with Gasteiger partial charge < -0.3 is 4.57 Å². The zero-order valence-electron chi connectivity index (χ0n) is 14.9. The third kappa shape index (κ3) is 3.30. The largest absolute Gasteiger partial charge is 0.303 e. The summed E-state index contributed by atoms with van der Waals surface area (Å²) in [5.41, 5.74) is 4.41. The molecule has 1 heterocycles. The van der Waals surface area contributed by atoms with Crippen molar-refractivity contribution in [2.24, 2.45) is 4.99 Å². The van der Waals surface area contributed by atoms with Crippen LogP contribution in [0.5, 0.6) is 0 Å². The van der Waals surface area contributed by atoms with Gasteiger partial charge in [-0.05, 0) is 25.3 Å². The second kappa shape index (κ2) is 7.27. The zero-order valence-corrected chi connectivity index (χ0v) is 14.9. The van der Waals surface area contributed by atoms with Crippen LogP contribution in [0.25, 0.3) is 17.0 Å². The second-order valence-electron chi connectivity index (χ2n) is 5.73. The van der Waals surface area contributed by atoms with Gasteiger partial charge in [0.25, 0.3) is 0 Å². The molecule has 1 aliphatic rings. The Morgan fingerprint density at radius 1 is 1.29 bits per heavy atom. The molecule has 24 heavy (non-hydrogen) atoms. The van der Waals surface area contributed by atoms with Gasteiger partial charge in [0.15, 0.2) is 0 Å². The van der Waals surface area contributed by atoms with Crippen molar-refractivity contribution < 1.29 is 0 Å². The van der Waals surface area contributed by atoms with Gasteiger partial charge in [-0.1, -0.05) is 44.7 Å². The summed E-state index contributed by atoms with van der Waals surface area (Å²) in [4.78, 5) is 8.67. The summed E-state index contributed by atoms with van der Waals surface area (Å²) in [6.07, 6.45) is 5.61. The van der Waals surface area contributed by atoms with Crippen LogP contribution in [0.1, 0.15) is 39.2 Å². The average Bonchev–Trinajstić information content (AvgIpc) is 3.44. The van der Waals surface area contributed by atoms with Gasteiger partial charge in [-0.15, -0.1) is 0 Å². The molecular weight excluding hydrogens is 296 g/mol. The average molecular weight is 320 g/mol. The van der Waals surface area contributed by atoms with Crippen LogP contribution in [0.4, 0.5) is 0 Å². The normalized spacial score (nSPS) is 15.0. The highest BCUT2D eigenvalue weighted by Crippen LogP contribution is 2.47. The van der Waals surface area contributed by atoms with Crippen molar-refractivity contribution in [3.05, 3.63) is 54.3 Å². The number of allylic oxidation sites excluding steroid dienone is 1. The Morgan fingerprint density at radius 2 is 1.92 bits per heavy atom. The molecule has 4 nitrogen and oxygen atoms in total. The van der Waals surface area contributed by atoms with Crippen LogP contribution >= 0.6 is 0 Å². The second-order valence-corrected chi connectivity index (χ2v) is 5.73. The molecular formula is C20H24N4. The molecule has 0 saturated heterocycles. The zero-order chi connectivity index (χ0) is 17.7. The number of hydrogen-bond acceptors (Lipinski definition) is 3. The van der Waals surface area contributed by atoms with Crippen LogP contribution in [0.2, 0.25) is 0 Å². The van der Waals surface area contributed by atoms with Crippen molar-refractivity contribution in [2.45, 2.75) is 39.0 Å². The Balaban J connectivity index is 0.00000100. The van der Waals surface area contributed by atoms with E-state index in [4.69, 9.17) is 0 Å². The van der Waals surface area contributed by atoms with Crippen molar-refractivity contribution in [3.63, 3.8) is 0 Å². The first-order valence-electron chi connectivity index (χ1n) is 8.29. The summed E-state index contributed by atoms with van der Waals surface area (Å²) >= 11 is 0. The minimum Gasteiger partial charge on any atom is -0.303 e. The van der Waals surface area contributed by atoms with E-state index in [1.54, 1.807) is 13.2 Å². The molecule has 1 saturated carbocycles. The van der Waals surface area contributed by atoms with E-state index in [2.05, 4.69) is 22.6 Å². The predicted molar refractivity (Wildman–Crippen MR) is 98.0 cm³/mol. The number of hydrogen-bond donors (Lipinski definition) is 0. The summed E-state index contributed by atoms with van der Waals surface area (Å²) in [6, 6.07) is 10.6. The molecule has 0 bridgehead atoms. The van der Waals surface area contributed by atoms with Crippen LogP contribution in [0, 0.1) is 11.3 Å². The van der Waals surface area contributed by atoms with Crippen LogP contribution in [0.3, 0.4) is 0 Å². The first kappa shape index (κ1) is 17.7. The summed E-state index contributed by atoms with van der Waals surface area (Å²) in [5.74, 6) is 0. The number of aromatic nitrogens is 2. The Morgan fingerprint density at radius 3 is 2.38 bits per heavy atom. The lowest BCUT2D eigenvalue weighted by Crippen LogP contribution is -2.19. The third-order valence-electron chi connectivity index (χ3n) is 4.15. The van der Waals surface area contributed by atoms with Gasteiger partial charge in [-0.2, -0.15) is 5.26 Å². The Bertz CT molecular complexity index is 831. The lowest BCUT2D eigenvalue weighted by atomic mass is 9.96. The molecule has 2 aromatic rings. The third-order valence-corrected chi connectivity index (χ3v) is 4.15. The molecule has 0 unspecified atom stereocenters. The fourth-order valence-corrected chi connectivity index (χ4v) is 2.58. The van der Waals surface area contributed by atoms with Crippen molar-refractivity contribution in [3.8, 4) is 17.3 Å². The molecule has 3 rings (SSSR count). The summed E-state index contributed by atoms with van der Waals surface area (Å²) in [7, 11) is 1.74. The summed E-state index contributed by atoms with van der Waals surface area (Å²) in [5, 5.41) is 9.27. The lowest BCUT2D eigenvalue weighted by molar-refractivity contribution is 0.907. The monoisotopic (exact) mass is 320 g/mol. The molecule has 1 fully saturated rings. The highest BCUT2D eigenvalue weighted by atomic mass is 15.0. The Labute approximate surface area is 143 Å². The number of nitrogens with zero attached hydrogens (tertiary/aromatic N) is 4. The Kier molecular flexibility index (Phi) is 5.35. The molecule has 0 spiro atoms. The molecule has 124 valence electrons. The molecule has 1 aliphatic carbocycles. The SMILES string of the molecule is C=C(C)n1cc(-c2ccc(C3(C#N)CC3)cc2)ncc1=NC.CC. The van der Waals surface area contributed by atoms with E-state index in [1.807, 2.05) is 55.8 Å². The van der Waals surface area contributed by atoms with Gasteiger partial charge in [0, 0.05) is 24.5 Å². The molecule has 0 radical (unpaired) electrons. The maximum absolute atomic E-state index is 9.27. The van der Waals surface area contributed by atoms with E-state index in [0.717, 1.165) is 40.8 Å². The minimum absolute atomic E-state index is 0.242.